The molecule has 0 aliphatic carbocycles. The molecule has 0 bridgehead atoms. The fourth-order valence-corrected chi connectivity index (χ4v) is 1.86. The summed E-state index contributed by atoms with van der Waals surface area (Å²) < 4.78 is 0. The molecule has 2 heteroatoms. The second kappa shape index (κ2) is 8.04. The van der Waals surface area contributed by atoms with E-state index in [0.717, 1.165) is 31.5 Å². The van der Waals surface area contributed by atoms with Gasteiger partial charge in [-0.1, -0.05) is 42.2 Å². The van der Waals surface area contributed by atoms with Crippen molar-refractivity contribution in [1.82, 2.24) is 5.32 Å². The molecule has 0 aliphatic rings. The van der Waals surface area contributed by atoms with Gasteiger partial charge in [0, 0.05) is 18.5 Å². The fraction of sp³-hybridized carbons (Fsp3) is 0.222. The minimum absolute atomic E-state index is 0.317. The summed E-state index contributed by atoms with van der Waals surface area (Å²) in [6.07, 6.45) is 1.82. The molecule has 0 heterocycles. The van der Waals surface area contributed by atoms with E-state index in [4.69, 9.17) is 0 Å². The largest absolute Gasteiger partial charge is 0.508 e. The minimum atomic E-state index is 0.317. The summed E-state index contributed by atoms with van der Waals surface area (Å²) in [4.78, 5) is 0. The van der Waals surface area contributed by atoms with E-state index in [2.05, 4.69) is 17.2 Å². The highest BCUT2D eigenvalue weighted by Crippen LogP contribution is 2.09. The van der Waals surface area contributed by atoms with Gasteiger partial charge in [0.1, 0.15) is 5.75 Å². The normalized spacial score (nSPS) is 9.80. The summed E-state index contributed by atoms with van der Waals surface area (Å²) in [5.41, 5.74) is 2.29. The molecular formula is C18H19NO. The number of hydrogen-bond acceptors (Lipinski definition) is 2. The maximum atomic E-state index is 9.19. The van der Waals surface area contributed by atoms with Gasteiger partial charge in [-0.2, -0.15) is 0 Å². The molecule has 0 unspecified atom stereocenters. The van der Waals surface area contributed by atoms with Crippen LogP contribution in [-0.2, 0) is 6.42 Å². The van der Waals surface area contributed by atoms with E-state index in [-0.39, 0.29) is 0 Å². The van der Waals surface area contributed by atoms with Gasteiger partial charge in [0.05, 0.1) is 0 Å². The molecule has 0 amide bonds. The Bertz CT molecular complexity index is 564. The zero-order valence-electron chi connectivity index (χ0n) is 11.5. The van der Waals surface area contributed by atoms with E-state index >= 15 is 0 Å². The van der Waals surface area contributed by atoms with Gasteiger partial charge in [0.2, 0.25) is 0 Å². The van der Waals surface area contributed by atoms with Crippen LogP contribution in [0.3, 0.4) is 0 Å². The average molecular weight is 265 g/mol. The molecule has 0 radical (unpaired) electrons. The summed E-state index contributed by atoms with van der Waals surface area (Å²) >= 11 is 0. The number of hydrogen-bond donors (Lipinski definition) is 2. The number of nitrogens with one attached hydrogen (secondary N) is 1. The summed E-state index contributed by atoms with van der Waals surface area (Å²) in [6.45, 7) is 1.83. The quantitative estimate of drug-likeness (QED) is 0.643. The Balaban J connectivity index is 1.60. The van der Waals surface area contributed by atoms with Crippen LogP contribution in [-0.4, -0.2) is 18.2 Å². The van der Waals surface area contributed by atoms with E-state index in [1.165, 1.54) is 5.56 Å². The molecule has 0 spiro atoms. The molecule has 0 saturated heterocycles. The highest BCUT2D eigenvalue weighted by Gasteiger charge is 1.93. The lowest BCUT2D eigenvalue weighted by atomic mass is 10.1. The van der Waals surface area contributed by atoms with Crippen molar-refractivity contribution in [3.8, 4) is 17.6 Å². The smallest absolute Gasteiger partial charge is 0.115 e. The third-order valence-electron chi connectivity index (χ3n) is 2.96. The van der Waals surface area contributed by atoms with Crippen molar-refractivity contribution in [1.29, 1.82) is 0 Å². The van der Waals surface area contributed by atoms with Gasteiger partial charge in [-0.05, 0) is 42.8 Å². The second-order valence-corrected chi connectivity index (χ2v) is 4.58. The monoisotopic (exact) mass is 265 g/mol. The van der Waals surface area contributed by atoms with E-state index < -0.39 is 0 Å². The Kier molecular flexibility index (Phi) is 5.70. The first-order chi connectivity index (χ1) is 9.84. The van der Waals surface area contributed by atoms with Crippen molar-refractivity contribution < 1.29 is 5.11 Å². The third-order valence-corrected chi connectivity index (χ3v) is 2.96. The number of phenolic OH excluding ortho intramolecular Hbond substituents is 1. The van der Waals surface area contributed by atoms with Crippen molar-refractivity contribution in [3.63, 3.8) is 0 Å². The lowest BCUT2D eigenvalue weighted by molar-refractivity contribution is 0.475. The summed E-state index contributed by atoms with van der Waals surface area (Å²) in [5.74, 6) is 6.62. The molecule has 102 valence electrons. The van der Waals surface area contributed by atoms with Crippen LogP contribution >= 0.6 is 0 Å². The molecule has 2 rings (SSSR count). The second-order valence-electron chi connectivity index (χ2n) is 4.58. The molecule has 0 fully saturated rings. The van der Waals surface area contributed by atoms with Crippen molar-refractivity contribution in [2.75, 3.05) is 13.1 Å². The number of rotatable bonds is 5. The van der Waals surface area contributed by atoms with Crippen LogP contribution in [0, 0.1) is 11.8 Å². The van der Waals surface area contributed by atoms with Gasteiger partial charge in [-0.25, -0.2) is 0 Å². The molecule has 0 atom stereocenters. The van der Waals surface area contributed by atoms with Crippen LogP contribution in [0.1, 0.15) is 17.5 Å². The van der Waals surface area contributed by atoms with Gasteiger partial charge >= 0.3 is 0 Å². The van der Waals surface area contributed by atoms with Gasteiger partial charge in [-0.3, -0.25) is 0 Å². The van der Waals surface area contributed by atoms with Crippen LogP contribution in [0.5, 0.6) is 5.75 Å². The number of benzene rings is 2. The van der Waals surface area contributed by atoms with E-state index in [9.17, 15) is 5.11 Å². The molecular weight excluding hydrogens is 246 g/mol. The SMILES string of the molecule is Oc1ccc(CCNCCC#Cc2ccccc2)cc1. The molecule has 2 aromatic carbocycles. The zero-order valence-corrected chi connectivity index (χ0v) is 11.5. The maximum Gasteiger partial charge on any atom is 0.115 e. The number of phenols is 1. The van der Waals surface area contributed by atoms with Crippen LogP contribution in [0.4, 0.5) is 0 Å². The first-order valence-electron chi connectivity index (χ1n) is 6.87. The molecule has 0 saturated carbocycles. The Morgan fingerprint density at radius 3 is 2.40 bits per heavy atom. The molecule has 2 aromatic rings. The first kappa shape index (κ1) is 14.2. The van der Waals surface area contributed by atoms with Crippen molar-refractivity contribution in [2.24, 2.45) is 0 Å². The van der Waals surface area contributed by atoms with Gasteiger partial charge in [0.25, 0.3) is 0 Å². The van der Waals surface area contributed by atoms with Crippen molar-refractivity contribution in [2.45, 2.75) is 12.8 Å². The Morgan fingerprint density at radius 2 is 1.65 bits per heavy atom. The first-order valence-corrected chi connectivity index (χ1v) is 6.87. The van der Waals surface area contributed by atoms with Crippen LogP contribution in [0.25, 0.3) is 0 Å². The van der Waals surface area contributed by atoms with Gasteiger partial charge in [-0.15, -0.1) is 0 Å². The third kappa shape index (κ3) is 5.17. The summed E-state index contributed by atoms with van der Waals surface area (Å²) in [7, 11) is 0. The Hall–Kier alpha value is -2.24. The zero-order chi connectivity index (χ0) is 14.0. The molecule has 2 N–H and O–H groups in total. The topological polar surface area (TPSA) is 32.3 Å². The summed E-state index contributed by atoms with van der Waals surface area (Å²) in [6, 6.07) is 17.4. The van der Waals surface area contributed by atoms with Crippen LogP contribution < -0.4 is 5.32 Å². The summed E-state index contributed by atoms with van der Waals surface area (Å²) in [5, 5.41) is 12.6. The van der Waals surface area contributed by atoms with Crippen LogP contribution in [0.2, 0.25) is 0 Å². The maximum absolute atomic E-state index is 9.19. The number of aromatic hydroxyl groups is 1. The Labute approximate surface area is 120 Å². The van der Waals surface area contributed by atoms with Crippen molar-refractivity contribution >= 4 is 0 Å². The Morgan fingerprint density at radius 1 is 0.900 bits per heavy atom. The standard InChI is InChI=1S/C18H19NO/c20-18-11-9-17(10-12-18)13-15-19-14-5-4-8-16-6-2-1-3-7-16/h1-3,6-7,9-12,19-20H,5,13-15H2. The van der Waals surface area contributed by atoms with Gasteiger partial charge < -0.3 is 10.4 Å². The van der Waals surface area contributed by atoms with E-state index in [1.54, 1.807) is 12.1 Å². The molecule has 20 heavy (non-hydrogen) atoms. The van der Waals surface area contributed by atoms with E-state index in [0.29, 0.717) is 5.75 Å². The lowest BCUT2D eigenvalue weighted by Gasteiger charge is -2.02. The fourth-order valence-electron chi connectivity index (χ4n) is 1.86. The highest BCUT2D eigenvalue weighted by molar-refractivity contribution is 5.33. The predicted octanol–water partition coefficient (Wildman–Crippen LogP) is 2.97. The minimum Gasteiger partial charge on any atom is -0.508 e. The van der Waals surface area contributed by atoms with Crippen LogP contribution in [0.15, 0.2) is 54.6 Å². The van der Waals surface area contributed by atoms with Crippen molar-refractivity contribution in [3.05, 3.63) is 65.7 Å². The molecule has 0 aliphatic heterocycles. The highest BCUT2D eigenvalue weighted by atomic mass is 16.3. The molecule has 0 aromatic heterocycles. The van der Waals surface area contributed by atoms with E-state index in [1.807, 2.05) is 42.5 Å². The predicted molar refractivity (Wildman–Crippen MR) is 82.6 cm³/mol. The van der Waals surface area contributed by atoms with Gasteiger partial charge in [0.15, 0.2) is 0 Å². The molecule has 2 nitrogen and oxygen atoms in total. The average Bonchev–Trinajstić information content (AvgIpc) is 2.49. The lowest BCUT2D eigenvalue weighted by Crippen LogP contribution is -2.18.